The van der Waals surface area contributed by atoms with Gasteiger partial charge >= 0.3 is 5.69 Å². The third-order valence-corrected chi connectivity index (χ3v) is 4.23. The van der Waals surface area contributed by atoms with E-state index in [9.17, 15) is 14.4 Å². The van der Waals surface area contributed by atoms with Gasteiger partial charge in [-0.15, -0.1) is 0 Å². The van der Waals surface area contributed by atoms with Crippen LogP contribution in [-0.4, -0.2) is 20.9 Å². The van der Waals surface area contributed by atoms with E-state index < -0.39 is 11.2 Å². The molecule has 0 aliphatic heterocycles. The zero-order chi connectivity index (χ0) is 17.3. The van der Waals surface area contributed by atoms with Crippen LogP contribution in [0.5, 0.6) is 0 Å². The predicted molar refractivity (Wildman–Crippen MR) is 88.7 cm³/mol. The molecule has 2 aromatic heterocycles. The maximum Gasteiger partial charge on any atom is 0.325 e. The van der Waals surface area contributed by atoms with Gasteiger partial charge in [-0.3, -0.25) is 19.6 Å². The van der Waals surface area contributed by atoms with Crippen molar-refractivity contribution in [3.63, 3.8) is 0 Å². The Balaban J connectivity index is 1.78. The van der Waals surface area contributed by atoms with Gasteiger partial charge in [0, 0.05) is 17.0 Å². The standard InChI is InChI=1S/C17H20N4O3/c1-9-4-3-5-13(18-9)15(11-6-7-11)20-14(22)8-12-10(2)19-17(24)21-16(12)23/h3-5,11,15H,6-8H2,1-2H3,(H,20,22)(H2,19,21,23,24). The van der Waals surface area contributed by atoms with E-state index in [0.717, 1.165) is 24.2 Å². The monoisotopic (exact) mass is 328 g/mol. The molecule has 3 N–H and O–H groups in total. The highest BCUT2D eigenvalue weighted by molar-refractivity contribution is 5.79. The Labute approximate surface area is 138 Å². The summed E-state index contributed by atoms with van der Waals surface area (Å²) in [4.78, 5) is 44.7. The number of rotatable bonds is 5. The summed E-state index contributed by atoms with van der Waals surface area (Å²) in [5, 5.41) is 2.99. The van der Waals surface area contributed by atoms with E-state index in [1.165, 1.54) is 0 Å². The summed E-state index contributed by atoms with van der Waals surface area (Å²) < 4.78 is 0. The fraction of sp³-hybridized carbons (Fsp3) is 0.412. The molecule has 126 valence electrons. The first-order valence-electron chi connectivity index (χ1n) is 7.99. The lowest BCUT2D eigenvalue weighted by atomic mass is 10.1. The van der Waals surface area contributed by atoms with Crippen LogP contribution in [0.25, 0.3) is 0 Å². The smallest absolute Gasteiger partial charge is 0.325 e. The van der Waals surface area contributed by atoms with Gasteiger partial charge in [-0.25, -0.2) is 4.79 Å². The summed E-state index contributed by atoms with van der Waals surface area (Å²) in [5.74, 6) is 0.133. The normalized spacial score (nSPS) is 15.1. The Morgan fingerprint density at radius 2 is 2.04 bits per heavy atom. The Bertz CT molecular complexity index is 880. The second-order valence-corrected chi connectivity index (χ2v) is 6.28. The number of nitrogens with zero attached hydrogens (tertiary/aromatic N) is 1. The van der Waals surface area contributed by atoms with E-state index in [4.69, 9.17) is 0 Å². The summed E-state index contributed by atoms with van der Waals surface area (Å²) in [7, 11) is 0. The average Bonchev–Trinajstić information content (AvgIpc) is 3.33. The van der Waals surface area contributed by atoms with Crippen molar-refractivity contribution in [3.05, 3.63) is 61.7 Å². The zero-order valence-corrected chi connectivity index (χ0v) is 13.7. The first-order chi connectivity index (χ1) is 11.4. The number of nitrogens with one attached hydrogen (secondary N) is 3. The van der Waals surface area contributed by atoms with Crippen molar-refractivity contribution in [1.82, 2.24) is 20.3 Å². The molecule has 1 saturated carbocycles. The molecule has 1 unspecified atom stereocenters. The maximum atomic E-state index is 12.4. The molecule has 7 heteroatoms. The Hall–Kier alpha value is -2.70. The van der Waals surface area contributed by atoms with Gasteiger partial charge in [0.25, 0.3) is 5.56 Å². The van der Waals surface area contributed by atoms with Gasteiger partial charge in [0.15, 0.2) is 0 Å². The topological polar surface area (TPSA) is 108 Å². The lowest BCUT2D eigenvalue weighted by molar-refractivity contribution is -0.121. The van der Waals surface area contributed by atoms with E-state index >= 15 is 0 Å². The Kier molecular flexibility index (Phi) is 4.33. The lowest BCUT2D eigenvalue weighted by Gasteiger charge is -2.18. The van der Waals surface area contributed by atoms with Crippen molar-refractivity contribution >= 4 is 5.91 Å². The molecule has 1 atom stereocenters. The molecule has 2 heterocycles. The predicted octanol–water partition coefficient (Wildman–Crippen LogP) is 0.885. The van der Waals surface area contributed by atoms with Crippen LogP contribution in [0.2, 0.25) is 0 Å². The van der Waals surface area contributed by atoms with E-state index in [1.54, 1.807) is 6.92 Å². The van der Waals surface area contributed by atoms with Crippen LogP contribution < -0.4 is 16.6 Å². The number of aryl methyl sites for hydroxylation is 2. The van der Waals surface area contributed by atoms with Crippen molar-refractivity contribution in [3.8, 4) is 0 Å². The largest absolute Gasteiger partial charge is 0.347 e. The number of hydrogen-bond acceptors (Lipinski definition) is 4. The maximum absolute atomic E-state index is 12.4. The first-order valence-corrected chi connectivity index (χ1v) is 7.99. The molecular weight excluding hydrogens is 308 g/mol. The quantitative estimate of drug-likeness (QED) is 0.757. The molecule has 1 aliphatic rings. The molecule has 2 aromatic rings. The molecule has 1 aliphatic carbocycles. The Morgan fingerprint density at radius 1 is 1.29 bits per heavy atom. The average molecular weight is 328 g/mol. The van der Waals surface area contributed by atoms with E-state index in [0.29, 0.717) is 11.6 Å². The SMILES string of the molecule is Cc1cccc(C(NC(=O)Cc2c(C)[nH]c(=O)[nH]c2=O)C2CC2)n1. The highest BCUT2D eigenvalue weighted by atomic mass is 16.2. The third-order valence-electron chi connectivity index (χ3n) is 4.23. The molecule has 24 heavy (non-hydrogen) atoms. The van der Waals surface area contributed by atoms with Crippen LogP contribution >= 0.6 is 0 Å². The molecule has 1 amide bonds. The number of aromatic nitrogens is 3. The molecular formula is C17H20N4O3. The molecule has 0 radical (unpaired) electrons. The molecule has 7 nitrogen and oxygen atoms in total. The van der Waals surface area contributed by atoms with Crippen molar-refractivity contribution in [2.45, 2.75) is 39.2 Å². The molecule has 1 fully saturated rings. The van der Waals surface area contributed by atoms with Crippen molar-refractivity contribution < 1.29 is 4.79 Å². The number of aromatic amines is 2. The highest BCUT2D eigenvalue weighted by Gasteiger charge is 2.34. The number of carbonyl (C=O) groups excluding carboxylic acids is 1. The van der Waals surface area contributed by atoms with Crippen LogP contribution in [-0.2, 0) is 11.2 Å². The van der Waals surface area contributed by atoms with E-state index in [1.807, 2.05) is 25.1 Å². The van der Waals surface area contributed by atoms with Crippen LogP contribution in [0.15, 0.2) is 27.8 Å². The van der Waals surface area contributed by atoms with E-state index in [-0.39, 0.29) is 23.9 Å². The number of hydrogen-bond donors (Lipinski definition) is 3. The van der Waals surface area contributed by atoms with Crippen molar-refractivity contribution in [1.29, 1.82) is 0 Å². The van der Waals surface area contributed by atoms with E-state index in [2.05, 4.69) is 20.3 Å². The molecule has 0 saturated heterocycles. The van der Waals surface area contributed by atoms with Gasteiger partial charge in [-0.2, -0.15) is 0 Å². The molecule has 0 spiro atoms. The lowest BCUT2D eigenvalue weighted by Crippen LogP contribution is -2.35. The first kappa shape index (κ1) is 16.2. The van der Waals surface area contributed by atoms with Crippen molar-refractivity contribution in [2.75, 3.05) is 0 Å². The second kappa shape index (κ2) is 6.43. The van der Waals surface area contributed by atoms with Crippen LogP contribution in [0.3, 0.4) is 0 Å². The molecule has 0 aromatic carbocycles. The Morgan fingerprint density at radius 3 is 2.67 bits per heavy atom. The zero-order valence-electron chi connectivity index (χ0n) is 13.7. The minimum absolute atomic E-state index is 0.0764. The second-order valence-electron chi connectivity index (χ2n) is 6.28. The fourth-order valence-corrected chi connectivity index (χ4v) is 2.82. The van der Waals surface area contributed by atoms with Gasteiger partial charge in [-0.1, -0.05) is 6.07 Å². The van der Waals surface area contributed by atoms with Crippen LogP contribution in [0, 0.1) is 19.8 Å². The number of carbonyl (C=O) groups is 1. The minimum Gasteiger partial charge on any atom is -0.347 e. The number of amides is 1. The highest BCUT2D eigenvalue weighted by Crippen LogP contribution is 2.40. The van der Waals surface area contributed by atoms with Crippen molar-refractivity contribution in [2.24, 2.45) is 5.92 Å². The third kappa shape index (κ3) is 3.61. The van der Waals surface area contributed by atoms with Gasteiger partial charge in [-0.05, 0) is 44.7 Å². The number of pyridine rings is 1. The molecule has 0 bridgehead atoms. The summed E-state index contributed by atoms with van der Waals surface area (Å²) in [6, 6.07) is 5.61. The van der Waals surface area contributed by atoms with Crippen LogP contribution in [0.4, 0.5) is 0 Å². The minimum atomic E-state index is -0.568. The van der Waals surface area contributed by atoms with Gasteiger partial charge in [0.1, 0.15) is 0 Å². The fourth-order valence-electron chi connectivity index (χ4n) is 2.82. The molecule has 3 rings (SSSR count). The number of H-pyrrole nitrogens is 2. The van der Waals surface area contributed by atoms with Gasteiger partial charge in [0.2, 0.25) is 5.91 Å². The van der Waals surface area contributed by atoms with Gasteiger partial charge in [0.05, 0.1) is 18.2 Å². The summed E-state index contributed by atoms with van der Waals surface area (Å²) >= 11 is 0. The summed E-state index contributed by atoms with van der Waals surface area (Å²) in [6.07, 6.45) is 2.03. The van der Waals surface area contributed by atoms with Crippen LogP contribution in [0.1, 0.15) is 41.5 Å². The summed E-state index contributed by atoms with van der Waals surface area (Å²) in [5.41, 5.74) is 1.34. The van der Waals surface area contributed by atoms with Gasteiger partial charge < -0.3 is 10.3 Å². The summed E-state index contributed by atoms with van der Waals surface area (Å²) in [6.45, 7) is 3.53.